The van der Waals surface area contributed by atoms with Crippen molar-refractivity contribution in [2.45, 2.75) is 31.1 Å². The maximum absolute atomic E-state index is 13.4. The zero-order valence-electron chi connectivity index (χ0n) is 16.1. The zero-order valence-corrected chi connectivity index (χ0v) is 16.1. The molecule has 1 amide bonds. The van der Waals surface area contributed by atoms with Gasteiger partial charge in [0.2, 0.25) is 11.9 Å². The molecule has 3 aromatic rings. The number of H-pyrrole nitrogens is 1. The summed E-state index contributed by atoms with van der Waals surface area (Å²) in [5.74, 6) is 1.02. The molecule has 4 rings (SSSR count). The van der Waals surface area contributed by atoms with E-state index in [1.807, 2.05) is 35.2 Å². The van der Waals surface area contributed by atoms with Crippen LogP contribution in [0.3, 0.4) is 0 Å². The average molecular weight is 393 g/mol. The third-order valence-electron chi connectivity index (χ3n) is 5.61. The summed E-state index contributed by atoms with van der Waals surface area (Å²) in [4.78, 5) is 19.2. The Labute approximate surface area is 169 Å². The molecule has 1 aliphatic heterocycles. The number of nitrogens with one attached hydrogen (secondary N) is 1. The molecule has 6 nitrogen and oxygen atoms in total. The summed E-state index contributed by atoms with van der Waals surface area (Å²) in [5.41, 5.74) is 7.59. The van der Waals surface area contributed by atoms with Crippen molar-refractivity contribution in [2.24, 2.45) is 0 Å². The zero-order chi connectivity index (χ0) is 20.2. The summed E-state index contributed by atoms with van der Waals surface area (Å²) in [6, 6.07) is 16.3. The van der Waals surface area contributed by atoms with Crippen molar-refractivity contribution in [3.05, 3.63) is 77.4 Å². The summed E-state index contributed by atoms with van der Waals surface area (Å²) < 4.78 is 13.4. The van der Waals surface area contributed by atoms with Crippen LogP contribution in [0.25, 0.3) is 0 Å². The van der Waals surface area contributed by atoms with E-state index in [4.69, 9.17) is 5.73 Å². The molecule has 0 bridgehead atoms. The topological polar surface area (TPSA) is 87.9 Å². The number of amides is 1. The molecule has 150 valence electrons. The lowest BCUT2D eigenvalue weighted by Gasteiger charge is -2.32. The second-order valence-electron chi connectivity index (χ2n) is 7.45. The Kier molecular flexibility index (Phi) is 5.55. The van der Waals surface area contributed by atoms with E-state index in [9.17, 15) is 9.18 Å². The fraction of sp³-hybridized carbons (Fsp3) is 0.318. The number of nitrogens with two attached hydrogens (primary N) is 1. The van der Waals surface area contributed by atoms with Crippen molar-refractivity contribution < 1.29 is 9.18 Å². The number of likely N-dealkylation sites (tertiary alicyclic amines) is 1. The van der Waals surface area contributed by atoms with Gasteiger partial charge in [-0.3, -0.25) is 9.89 Å². The molecule has 1 saturated heterocycles. The lowest BCUT2D eigenvalue weighted by Crippen LogP contribution is -2.38. The van der Waals surface area contributed by atoms with E-state index in [1.54, 1.807) is 12.1 Å². The highest BCUT2D eigenvalue weighted by molar-refractivity contribution is 5.78. The monoisotopic (exact) mass is 393 g/mol. The lowest BCUT2D eigenvalue weighted by molar-refractivity contribution is -0.132. The molecule has 29 heavy (non-hydrogen) atoms. The Morgan fingerprint density at radius 2 is 1.76 bits per heavy atom. The highest BCUT2D eigenvalue weighted by Crippen LogP contribution is 2.31. The minimum absolute atomic E-state index is 0.101. The van der Waals surface area contributed by atoms with Gasteiger partial charge < -0.3 is 10.6 Å². The van der Waals surface area contributed by atoms with Crippen molar-refractivity contribution in [3.8, 4) is 0 Å². The number of carbonyl (C=O) groups excluding carboxylic acids is 1. The number of anilines is 1. The fourth-order valence-corrected chi connectivity index (χ4v) is 3.99. The van der Waals surface area contributed by atoms with Gasteiger partial charge in [-0.1, -0.05) is 42.5 Å². The second kappa shape index (κ2) is 8.43. The standard InChI is InChI=1S/C22H24FN5O/c23-18-8-6-16(7-9-18)19(15-4-2-1-3-5-15)14-20(29)28-12-10-17(11-13-28)21-25-22(24)27-26-21/h1-9,17,19H,10-14H2,(H3,24,25,26,27)/t19-/m1/s1. The van der Waals surface area contributed by atoms with Crippen LogP contribution in [0.1, 0.15) is 48.0 Å². The van der Waals surface area contributed by atoms with Crippen LogP contribution in [-0.2, 0) is 4.79 Å². The second-order valence-corrected chi connectivity index (χ2v) is 7.45. The van der Waals surface area contributed by atoms with Crippen molar-refractivity contribution in [3.63, 3.8) is 0 Å². The Hall–Kier alpha value is -3.22. The summed E-state index contributed by atoms with van der Waals surface area (Å²) in [7, 11) is 0. The third kappa shape index (κ3) is 4.45. The normalized spacial score (nSPS) is 16.0. The molecular formula is C22H24FN5O. The van der Waals surface area contributed by atoms with Crippen LogP contribution in [0, 0.1) is 5.82 Å². The van der Waals surface area contributed by atoms with Crippen LogP contribution in [0.4, 0.5) is 10.3 Å². The van der Waals surface area contributed by atoms with Gasteiger partial charge in [0.15, 0.2) is 0 Å². The van der Waals surface area contributed by atoms with E-state index in [0.29, 0.717) is 19.5 Å². The minimum atomic E-state index is -0.276. The smallest absolute Gasteiger partial charge is 0.239 e. The molecule has 0 spiro atoms. The van der Waals surface area contributed by atoms with Gasteiger partial charge >= 0.3 is 0 Å². The first-order chi connectivity index (χ1) is 14.1. The van der Waals surface area contributed by atoms with Gasteiger partial charge in [0.1, 0.15) is 11.6 Å². The predicted molar refractivity (Wildman–Crippen MR) is 109 cm³/mol. The van der Waals surface area contributed by atoms with Gasteiger partial charge in [-0.25, -0.2) is 4.39 Å². The molecule has 2 aromatic carbocycles. The van der Waals surface area contributed by atoms with E-state index in [2.05, 4.69) is 15.2 Å². The quantitative estimate of drug-likeness (QED) is 0.695. The number of aromatic nitrogens is 3. The molecule has 2 heterocycles. The molecule has 0 radical (unpaired) electrons. The van der Waals surface area contributed by atoms with E-state index < -0.39 is 0 Å². The highest BCUT2D eigenvalue weighted by Gasteiger charge is 2.28. The third-order valence-corrected chi connectivity index (χ3v) is 5.61. The van der Waals surface area contributed by atoms with Crippen molar-refractivity contribution in [1.29, 1.82) is 0 Å². The summed E-state index contributed by atoms with van der Waals surface area (Å²) in [6.07, 6.45) is 2.01. The van der Waals surface area contributed by atoms with Crippen LogP contribution in [0.5, 0.6) is 0 Å². The Balaban J connectivity index is 1.45. The number of nitrogen functional groups attached to an aromatic ring is 1. The van der Waals surface area contributed by atoms with Crippen LogP contribution in [0.15, 0.2) is 54.6 Å². The molecule has 0 saturated carbocycles. The van der Waals surface area contributed by atoms with E-state index >= 15 is 0 Å². The van der Waals surface area contributed by atoms with E-state index in [0.717, 1.165) is 29.8 Å². The van der Waals surface area contributed by atoms with Gasteiger partial charge in [0.05, 0.1) is 0 Å². The Morgan fingerprint density at radius 3 is 2.38 bits per heavy atom. The number of piperidine rings is 1. The number of halogens is 1. The number of carbonyl (C=O) groups is 1. The lowest BCUT2D eigenvalue weighted by atomic mass is 9.87. The molecule has 1 aliphatic rings. The van der Waals surface area contributed by atoms with Crippen LogP contribution >= 0.6 is 0 Å². The highest BCUT2D eigenvalue weighted by atomic mass is 19.1. The van der Waals surface area contributed by atoms with Gasteiger partial charge in [0, 0.05) is 31.3 Å². The first-order valence-corrected chi connectivity index (χ1v) is 9.86. The maximum atomic E-state index is 13.4. The Bertz CT molecular complexity index is 949. The van der Waals surface area contributed by atoms with Crippen LogP contribution < -0.4 is 5.73 Å². The van der Waals surface area contributed by atoms with Gasteiger partial charge in [-0.15, -0.1) is 5.10 Å². The minimum Gasteiger partial charge on any atom is -0.367 e. The van der Waals surface area contributed by atoms with E-state index in [1.165, 1.54) is 12.1 Å². The number of benzene rings is 2. The van der Waals surface area contributed by atoms with Crippen molar-refractivity contribution >= 4 is 11.9 Å². The summed E-state index contributed by atoms with van der Waals surface area (Å²) >= 11 is 0. The summed E-state index contributed by atoms with van der Waals surface area (Å²) in [5, 5.41) is 6.77. The van der Waals surface area contributed by atoms with Gasteiger partial charge in [-0.05, 0) is 36.1 Å². The maximum Gasteiger partial charge on any atom is 0.239 e. The number of nitrogens with zero attached hydrogens (tertiary/aromatic N) is 3. The molecule has 3 N–H and O–H groups in total. The fourth-order valence-electron chi connectivity index (χ4n) is 3.99. The molecule has 0 unspecified atom stereocenters. The van der Waals surface area contributed by atoms with Crippen LogP contribution in [-0.4, -0.2) is 39.1 Å². The first kappa shape index (κ1) is 19.1. The first-order valence-electron chi connectivity index (χ1n) is 9.86. The molecule has 7 heteroatoms. The van der Waals surface area contributed by atoms with Gasteiger partial charge in [-0.2, -0.15) is 4.98 Å². The summed E-state index contributed by atoms with van der Waals surface area (Å²) in [6.45, 7) is 1.35. The van der Waals surface area contributed by atoms with Crippen molar-refractivity contribution in [2.75, 3.05) is 18.8 Å². The number of rotatable bonds is 5. The number of hydrogen-bond acceptors (Lipinski definition) is 4. The van der Waals surface area contributed by atoms with Crippen molar-refractivity contribution in [1.82, 2.24) is 20.1 Å². The number of aromatic amines is 1. The SMILES string of the molecule is Nc1n[nH]c(C2CCN(C(=O)C[C@H](c3ccccc3)c3ccc(F)cc3)CC2)n1. The largest absolute Gasteiger partial charge is 0.367 e. The molecule has 1 atom stereocenters. The molecular weight excluding hydrogens is 369 g/mol. The molecule has 1 aromatic heterocycles. The molecule has 0 aliphatic carbocycles. The Morgan fingerprint density at radius 1 is 1.10 bits per heavy atom. The van der Waals surface area contributed by atoms with E-state index in [-0.39, 0.29) is 29.5 Å². The average Bonchev–Trinajstić information content (AvgIpc) is 3.20. The number of hydrogen-bond donors (Lipinski definition) is 2. The molecule has 1 fully saturated rings. The predicted octanol–water partition coefficient (Wildman–Crippen LogP) is 3.45. The van der Waals surface area contributed by atoms with Gasteiger partial charge in [0.25, 0.3) is 0 Å². The van der Waals surface area contributed by atoms with Crippen LogP contribution in [0.2, 0.25) is 0 Å².